The van der Waals surface area contributed by atoms with Crippen LogP contribution < -0.4 is 10.6 Å². The molecule has 27 heavy (non-hydrogen) atoms. The SMILES string of the molecule is c1cc(C2NC2CCN2CCCC2)ccc1CNCCCN1CCOCC1. The minimum absolute atomic E-state index is 0.586. The van der Waals surface area contributed by atoms with Gasteiger partial charge in [-0.1, -0.05) is 24.3 Å². The molecule has 4 rings (SSSR count). The van der Waals surface area contributed by atoms with Gasteiger partial charge in [-0.05, 0) is 69.5 Å². The third-order valence-electron chi connectivity index (χ3n) is 6.24. The van der Waals surface area contributed by atoms with Crippen molar-refractivity contribution in [2.24, 2.45) is 0 Å². The molecular weight excluding hydrogens is 336 g/mol. The van der Waals surface area contributed by atoms with Crippen LogP contribution in [0.1, 0.15) is 42.9 Å². The average Bonchev–Trinajstić information content (AvgIpc) is 3.30. The van der Waals surface area contributed by atoms with E-state index in [9.17, 15) is 0 Å². The van der Waals surface area contributed by atoms with Crippen LogP contribution in [0.2, 0.25) is 0 Å². The van der Waals surface area contributed by atoms with Crippen molar-refractivity contribution in [1.82, 2.24) is 20.4 Å². The van der Waals surface area contributed by atoms with Crippen LogP contribution in [0, 0.1) is 0 Å². The molecule has 1 aromatic rings. The maximum absolute atomic E-state index is 5.40. The van der Waals surface area contributed by atoms with Crippen LogP contribution in [0.3, 0.4) is 0 Å². The molecule has 3 saturated heterocycles. The summed E-state index contributed by atoms with van der Waals surface area (Å²) in [6.07, 6.45) is 5.29. The zero-order valence-corrected chi connectivity index (χ0v) is 16.7. The molecule has 5 nitrogen and oxygen atoms in total. The zero-order chi connectivity index (χ0) is 18.3. The summed E-state index contributed by atoms with van der Waals surface area (Å²) in [4.78, 5) is 5.12. The minimum atomic E-state index is 0.586. The zero-order valence-electron chi connectivity index (χ0n) is 16.7. The summed E-state index contributed by atoms with van der Waals surface area (Å²) in [7, 11) is 0. The van der Waals surface area contributed by atoms with Crippen LogP contribution >= 0.6 is 0 Å². The van der Waals surface area contributed by atoms with E-state index in [0.717, 1.165) is 39.4 Å². The van der Waals surface area contributed by atoms with Crippen molar-refractivity contribution >= 4 is 0 Å². The largest absolute Gasteiger partial charge is 0.379 e. The van der Waals surface area contributed by atoms with Gasteiger partial charge in [0.15, 0.2) is 0 Å². The van der Waals surface area contributed by atoms with Gasteiger partial charge in [0.05, 0.1) is 13.2 Å². The Morgan fingerprint density at radius 1 is 0.963 bits per heavy atom. The molecule has 2 N–H and O–H groups in total. The number of hydrogen-bond donors (Lipinski definition) is 2. The Morgan fingerprint density at radius 3 is 2.48 bits per heavy atom. The summed E-state index contributed by atoms with van der Waals surface area (Å²) in [6, 6.07) is 10.5. The van der Waals surface area contributed by atoms with E-state index in [1.807, 2.05) is 0 Å². The van der Waals surface area contributed by atoms with E-state index in [4.69, 9.17) is 4.74 Å². The molecule has 0 amide bonds. The van der Waals surface area contributed by atoms with Crippen molar-refractivity contribution in [3.8, 4) is 0 Å². The first-order valence-electron chi connectivity index (χ1n) is 11.0. The Kier molecular flexibility index (Phi) is 7.15. The maximum atomic E-state index is 5.40. The predicted molar refractivity (Wildman–Crippen MR) is 110 cm³/mol. The molecule has 0 spiro atoms. The summed E-state index contributed by atoms with van der Waals surface area (Å²) in [5, 5.41) is 7.25. The van der Waals surface area contributed by atoms with E-state index >= 15 is 0 Å². The first kappa shape index (κ1) is 19.3. The molecule has 3 aliphatic rings. The van der Waals surface area contributed by atoms with E-state index in [0.29, 0.717) is 12.1 Å². The summed E-state index contributed by atoms with van der Waals surface area (Å²) >= 11 is 0. The molecule has 150 valence electrons. The van der Waals surface area contributed by atoms with E-state index in [-0.39, 0.29) is 0 Å². The molecule has 0 radical (unpaired) electrons. The number of nitrogens with one attached hydrogen (secondary N) is 2. The molecule has 5 heteroatoms. The van der Waals surface area contributed by atoms with E-state index < -0.39 is 0 Å². The minimum Gasteiger partial charge on any atom is -0.379 e. The van der Waals surface area contributed by atoms with Gasteiger partial charge in [0.1, 0.15) is 0 Å². The highest BCUT2D eigenvalue weighted by Crippen LogP contribution is 2.32. The molecule has 3 heterocycles. The normalized spacial score (nSPS) is 26.5. The Hall–Kier alpha value is -0.980. The van der Waals surface area contributed by atoms with Crippen molar-refractivity contribution in [3.63, 3.8) is 0 Å². The third-order valence-corrected chi connectivity index (χ3v) is 6.24. The fraction of sp³-hybridized carbons (Fsp3) is 0.727. The summed E-state index contributed by atoms with van der Waals surface area (Å²) in [6.45, 7) is 11.1. The van der Waals surface area contributed by atoms with Gasteiger partial charge in [-0.25, -0.2) is 0 Å². The first-order valence-corrected chi connectivity index (χ1v) is 11.0. The van der Waals surface area contributed by atoms with Crippen LogP contribution in [0.4, 0.5) is 0 Å². The second-order valence-electron chi connectivity index (χ2n) is 8.31. The highest BCUT2D eigenvalue weighted by molar-refractivity contribution is 5.30. The van der Waals surface area contributed by atoms with Crippen molar-refractivity contribution in [2.45, 2.75) is 44.3 Å². The quantitative estimate of drug-likeness (QED) is 0.486. The van der Waals surface area contributed by atoms with Gasteiger partial charge in [-0.2, -0.15) is 0 Å². The van der Waals surface area contributed by atoms with E-state index in [1.165, 1.54) is 63.0 Å². The van der Waals surface area contributed by atoms with Crippen molar-refractivity contribution in [3.05, 3.63) is 35.4 Å². The van der Waals surface area contributed by atoms with Gasteiger partial charge in [-0.3, -0.25) is 4.90 Å². The number of rotatable bonds is 10. The van der Waals surface area contributed by atoms with Crippen LogP contribution in [-0.4, -0.2) is 74.9 Å². The second kappa shape index (κ2) is 9.99. The molecule has 0 aliphatic carbocycles. The number of hydrogen-bond acceptors (Lipinski definition) is 5. The highest BCUT2D eigenvalue weighted by Gasteiger charge is 2.37. The molecule has 2 atom stereocenters. The Bertz CT molecular complexity index is 552. The highest BCUT2D eigenvalue weighted by atomic mass is 16.5. The van der Waals surface area contributed by atoms with Crippen LogP contribution in [0.5, 0.6) is 0 Å². The lowest BCUT2D eigenvalue weighted by molar-refractivity contribution is 0.0374. The predicted octanol–water partition coefficient (Wildman–Crippen LogP) is 2.00. The van der Waals surface area contributed by atoms with Gasteiger partial charge >= 0.3 is 0 Å². The number of morpholine rings is 1. The van der Waals surface area contributed by atoms with Crippen molar-refractivity contribution in [1.29, 1.82) is 0 Å². The van der Waals surface area contributed by atoms with E-state index in [1.54, 1.807) is 0 Å². The Labute approximate surface area is 164 Å². The molecule has 0 saturated carbocycles. The molecular formula is C22H36N4O. The summed E-state index contributed by atoms with van der Waals surface area (Å²) < 4.78 is 5.40. The van der Waals surface area contributed by atoms with Crippen LogP contribution in [0.15, 0.2) is 24.3 Å². The van der Waals surface area contributed by atoms with Gasteiger partial charge < -0.3 is 20.3 Å². The van der Waals surface area contributed by atoms with Gasteiger partial charge in [0.2, 0.25) is 0 Å². The lowest BCUT2D eigenvalue weighted by Gasteiger charge is -2.26. The smallest absolute Gasteiger partial charge is 0.0594 e. The summed E-state index contributed by atoms with van der Waals surface area (Å²) in [5.41, 5.74) is 2.84. The fourth-order valence-electron chi connectivity index (χ4n) is 4.41. The molecule has 0 aromatic heterocycles. The van der Waals surface area contributed by atoms with Crippen molar-refractivity contribution in [2.75, 3.05) is 59.0 Å². The van der Waals surface area contributed by atoms with Crippen molar-refractivity contribution < 1.29 is 4.74 Å². The van der Waals surface area contributed by atoms with E-state index in [2.05, 4.69) is 44.7 Å². The molecule has 3 fully saturated rings. The summed E-state index contributed by atoms with van der Waals surface area (Å²) in [5.74, 6) is 0. The molecule has 0 bridgehead atoms. The first-order chi connectivity index (χ1) is 13.4. The Balaban J connectivity index is 1.09. The van der Waals surface area contributed by atoms with Gasteiger partial charge in [0.25, 0.3) is 0 Å². The fourth-order valence-corrected chi connectivity index (χ4v) is 4.41. The van der Waals surface area contributed by atoms with Crippen LogP contribution in [0.25, 0.3) is 0 Å². The Morgan fingerprint density at radius 2 is 1.70 bits per heavy atom. The number of benzene rings is 1. The maximum Gasteiger partial charge on any atom is 0.0594 e. The second-order valence-corrected chi connectivity index (χ2v) is 8.31. The lowest BCUT2D eigenvalue weighted by atomic mass is 10.1. The van der Waals surface area contributed by atoms with Crippen LogP contribution in [-0.2, 0) is 11.3 Å². The van der Waals surface area contributed by atoms with Gasteiger partial charge in [-0.15, -0.1) is 0 Å². The average molecular weight is 373 g/mol. The lowest BCUT2D eigenvalue weighted by Crippen LogP contribution is -2.37. The van der Waals surface area contributed by atoms with Gasteiger partial charge in [0, 0.05) is 31.7 Å². The molecule has 2 unspecified atom stereocenters. The number of nitrogens with zero attached hydrogens (tertiary/aromatic N) is 2. The third kappa shape index (κ3) is 6.00. The monoisotopic (exact) mass is 372 g/mol. The number of ether oxygens (including phenoxy) is 1. The topological polar surface area (TPSA) is 49.7 Å². The molecule has 3 aliphatic heterocycles. The number of likely N-dealkylation sites (tertiary alicyclic amines) is 1. The standard InChI is InChI=1S/C22H36N4O/c1-2-11-25(10-1)13-8-21-22(24-21)20-6-4-19(5-7-20)18-23-9-3-12-26-14-16-27-17-15-26/h4-7,21-24H,1-3,8-18H2. The molecule has 1 aromatic carbocycles.